The Morgan fingerprint density at radius 3 is 0.830 bits per heavy atom. The average Bonchev–Trinajstić information content (AvgIpc) is 0.933. The number of carbonyl (C=O) groups is 4. The first-order valence-electron chi connectivity index (χ1n) is 40.0. The van der Waals surface area contributed by atoms with E-state index in [1.165, 1.54) is 51.4 Å². The molecule has 0 saturated carbocycles. The summed E-state index contributed by atoms with van der Waals surface area (Å²) < 4.78 is 68.5. The molecule has 0 rings (SSSR count). The lowest BCUT2D eigenvalue weighted by Gasteiger charge is -2.21. The Kier molecular flexibility index (Phi) is 73.1. The largest absolute Gasteiger partial charge is 0.472 e. The minimum Gasteiger partial charge on any atom is -0.462 e. The number of unbranched alkanes of at least 4 members (excludes halogenated alkanes) is 17. The Morgan fingerprint density at radius 2 is 0.509 bits per heavy atom. The van der Waals surface area contributed by atoms with Crippen molar-refractivity contribution in [2.45, 2.75) is 303 Å². The molecule has 5 atom stereocenters. The van der Waals surface area contributed by atoms with Crippen LogP contribution in [-0.4, -0.2) is 96.7 Å². The van der Waals surface area contributed by atoms with Gasteiger partial charge in [-0.05, 0) is 148 Å². The van der Waals surface area contributed by atoms with E-state index in [0.717, 1.165) is 141 Å². The molecule has 5 unspecified atom stereocenters. The highest BCUT2D eigenvalue weighted by Crippen LogP contribution is 2.45. The highest BCUT2D eigenvalue weighted by atomic mass is 31.2. The fourth-order valence-electron chi connectivity index (χ4n) is 9.91. The molecule has 3 N–H and O–H groups in total. The van der Waals surface area contributed by atoms with E-state index in [2.05, 4.69) is 186 Å². The number of ether oxygens (including phenoxy) is 4. The Balaban J connectivity index is 5.49. The summed E-state index contributed by atoms with van der Waals surface area (Å²) in [4.78, 5) is 73.0. The second-order valence-corrected chi connectivity index (χ2v) is 28.8. The average molecular weight is 1520 g/mol. The van der Waals surface area contributed by atoms with Crippen LogP contribution in [0.1, 0.15) is 285 Å². The molecule has 0 amide bonds. The molecule has 0 aliphatic carbocycles. The Morgan fingerprint density at radius 1 is 0.274 bits per heavy atom. The molecule has 106 heavy (non-hydrogen) atoms. The van der Waals surface area contributed by atoms with Crippen molar-refractivity contribution < 1.29 is 80.2 Å². The predicted octanol–water partition coefficient (Wildman–Crippen LogP) is 23.6. The number of phosphoric acid groups is 2. The van der Waals surface area contributed by atoms with Gasteiger partial charge in [0.2, 0.25) is 0 Å². The lowest BCUT2D eigenvalue weighted by molar-refractivity contribution is -0.161. The molecule has 19 heteroatoms. The molecule has 0 saturated heterocycles. The van der Waals surface area contributed by atoms with Crippen molar-refractivity contribution >= 4 is 39.5 Å². The molecule has 0 aromatic carbocycles. The SMILES string of the molecule is CC/C=C\C/C=C\C/C=C\C/C=C\C/C=C\C/C=C\CCC(=O)OCC(COP(=O)(O)OCC(O)COP(=O)(O)OCC(COC(=O)CCCCC/C=C\C/C=C\C/C=C\C/C=C\C/C=C\CC)OC(=O)CCCCCCCCCCCCCCC)OC(=O)CCCC/C=C\C/C=C\C/C=C\C/C=C\CC. The van der Waals surface area contributed by atoms with E-state index in [9.17, 15) is 43.2 Å². The molecule has 0 spiro atoms. The van der Waals surface area contributed by atoms with Crippen LogP contribution in [0.3, 0.4) is 0 Å². The second kappa shape index (κ2) is 77.3. The molecule has 0 fully saturated rings. The van der Waals surface area contributed by atoms with E-state index >= 15 is 0 Å². The van der Waals surface area contributed by atoms with Gasteiger partial charge in [-0.1, -0.05) is 293 Å². The van der Waals surface area contributed by atoms with Crippen molar-refractivity contribution in [3.8, 4) is 0 Å². The van der Waals surface area contributed by atoms with Crippen LogP contribution >= 0.6 is 15.6 Å². The molecule has 0 aromatic rings. The Bertz CT molecular complexity index is 2730. The van der Waals surface area contributed by atoms with Gasteiger partial charge in [-0.15, -0.1) is 0 Å². The number of aliphatic hydroxyl groups is 1. The predicted molar refractivity (Wildman–Crippen MR) is 436 cm³/mol. The minimum absolute atomic E-state index is 0.0195. The molecule has 0 aliphatic rings. The van der Waals surface area contributed by atoms with Gasteiger partial charge >= 0.3 is 39.5 Å². The highest BCUT2D eigenvalue weighted by molar-refractivity contribution is 7.47. The molecule has 0 aliphatic heterocycles. The third-order valence-electron chi connectivity index (χ3n) is 15.9. The van der Waals surface area contributed by atoms with Gasteiger partial charge in [0.1, 0.15) is 19.3 Å². The smallest absolute Gasteiger partial charge is 0.462 e. The van der Waals surface area contributed by atoms with Crippen molar-refractivity contribution in [2.24, 2.45) is 0 Å². The number of hydrogen-bond acceptors (Lipinski definition) is 15. The van der Waals surface area contributed by atoms with Crippen LogP contribution in [0.2, 0.25) is 0 Å². The van der Waals surface area contributed by atoms with Gasteiger partial charge in [-0.2, -0.15) is 0 Å². The quantitative estimate of drug-likeness (QED) is 0.0169. The van der Waals surface area contributed by atoms with Crippen molar-refractivity contribution in [3.63, 3.8) is 0 Å². The number of allylic oxidation sites excluding steroid dienone is 30. The van der Waals surface area contributed by atoms with E-state index in [0.29, 0.717) is 38.5 Å². The van der Waals surface area contributed by atoms with Gasteiger partial charge in [0.15, 0.2) is 12.2 Å². The van der Waals surface area contributed by atoms with Crippen LogP contribution in [0.15, 0.2) is 182 Å². The van der Waals surface area contributed by atoms with Gasteiger partial charge in [-0.25, -0.2) is 9.13 Å². The fourth-order valence-corrected chi connectivity index (χ4v) is 11.5. The molecule has 17 nitrogen and oxygen atoms in total. The summed E-state index contributed by atoms with van der Waals surface area (Å²) in [5.74, 6) is -2.37. The molecule has 0 heterocycles. The maximum Gasteiger partial charge on any atom is 0.472 e. The molecule has 0 radical (unpaired) electrons. The van der Waals surface area contributed by atoms with E-state index in [1.807, 2.05) is 24.3 Å². The standard InChI is InChI=1S/C87H140O17P2/c1-5-9-13-17-21-25-29-33-36-38-40-42-45-48-51-55-59-63-67-71-84(89)97-77-82(103-86(91)73-69-65-61-57-53-47-32-28-24-20-16-12-8-4)79-101-105(93,94)99-75-81(88)76-100-106(95,96)102-80-83(104-87(92)74-70-66-62-58-54-50-44-35-31-27-23-19-15-11-7-3)78-98-85(90)72-68-64-60-56-52-49-46-43-41-39-37-34-30-26-22-18-14-10-6-2/h9-11,13-15,21-23,25-27,33-37,40-44,48-49,51-52,54,58,60,64,81-83,88H,5-8,12,16-20,24,28-32,38-39,45-47,50,53,55-57,59,61-63,65-80H2,1-4H3,(H,93,94)(H,95,96)/b13-9-,14-10-,15-11-,25-21-,26-22-,27-23-,36-33-,37-34-,42-40-,43-41-,44-35-,51-48-,52-49-,58-54-,64-60-. The number of carbonyl (C=O) groups excluding carboxylic acids is 4. The van der Waals surface area contributed by atoms with Crippen LogP contribution in [0.4, 0.5) is 0 Å². The van der Waals surface area contributed by atoms with Gasteiger partial charge in [-0.3, -0.25) is 37.3 Å². The second-order valence-electron chi connectivity index (χ2n) is 25.9. The number of rotatable bonds is 73. The summed E-state index contributed by atoms with van der Waals surface area (Å²) in [7, 11) is -10.0. The van der Waals surface area contributed by atoms with Crippen LogP contribution in [0, 0.1) is 0 Å². The molecule has 0 aromatic heterocycles. The Labute approximate surface area is 641 Å². The summed E-state index contributed by atoms with van der Waals surface area (Å²) >= 11 is 0. The number of hydrogen-bond donors (Lipinski definition) is 3. The van der Waals surface area contributed by atoms with Crippen molar-refractivity contribution in [1.82, 2.24) is 0 Å². The lowest BCUT2D eigenvalue weighted by atomic mass is 10.0. The van der Waals surface area contributed by atoms with E-state index in [1.54, 1.807) is 0 Å². The van der Waals surface area contributed by atoms with E-state index in [4.69, 9.17) is 37.0 Å². The molecular weight excluding hydrogens is 1380 g/mol. The maximum absolute atomic E-state index is 13.1. The lowest BCUT2D eigenvalue weighted by Crippen LogP contribution is -2.30. The third-order valence-corrected chi connectivity index (χ3v) is 17.8. The zero-order chi connectivity index (χ0) is 77.4. The van der Waals surface area contributed by atoms with E-state index in [-0.39, 0.29) is 25.7 Å². The Hall–Kier alpha value is -5.84. The summed E-state index contributed by atoms with van der Waals surface area (Å²) in [5, 5.41) is 10.6. The van der Waals surface area contributed by atoms with Crippen LogP contribution in [0.25, 0.3) is 0 Å². The normalized spacial score (nSPS) is 14.8. The summed E-state index contributed by atoms with van der Waals surface area (Å²) in [6.45, 7) is 4.34. The maximum atomic E-state index is 13.1. The highest BCUT2D eigenvalue weighted by Gasteiger charge is 2.30. The van der Waals surface area contributed by atoms with Crippen LogP contribution in [-0.2, 0) is 65.4 Å². The van der Waals surface area contributed by atoms with Gasteiger partial charge in [0, 0.05) is 25.7 Å². The first-order chi connectivity index (χ1) is 51.7. The minimum atomic E-state index is -5.01. The van der Waals surface area contributed by atoms with Gasteiger partial charge in [0.25, 0.3) is 0 Å². The fraction of sp³-hybridized carbons (Fsp3) is 0.609. The van der Waals surface area contributed by atoms with Crippen LogP contribution in [0.5, 0.6) is 0 Å². The van der Waals surface area contributed by atoms with Gasteiger partial charge < -0.3 is 33.8 Å². The number of phosphoric ester groups is 2. The summed E-state index contributed by atoms with van der Waals surface area (Å²) in [5.41, 5.74) is 0. The molecular formula is C87H140O17P2. The zero-order valence-corrected chi connectivity index (χ0v) is 67.3. The topological polar surface area (TPSA) is 237 Å². The van der Waals surface area contributed by atoms with E-state index < -0.39 is 97.5 Å². The molecule has 0 bridgehead atoms. The monoisotopic (exact) mass is 1520 g/mol. The van der Waals surface area contributed by atoms with Crippen molar-refractivity contribution in [2.75, 3.05) is 39.6 Å². The third kappa shape index (κ3) is 76.4. The summed E-state index contributed by atoms with van der Waals surface area (Å²) in [6.07, 6.45) is 93.2. The van der Waals surface area contributed by atoms with Gasteiger partial charge in [0.05, 0.1) is 26.4 Å². The molecule has 600 valence electrons. The first-order valence-corrected chi connectivity index (χ1v) is 43.0. The first kappa shape index (κ1) is 100. The number of esters is 4. The van der Waals surface area contributed by atoms with Crippen molar-refractivity contribution in [1.29, 1.82) is 0 Å². The summed E-state index contributed by atoms with van der Waals surface area (Å²) in [6, 6.07) is 0. The number of aliphatic hydroxyl groups excluding tert-OH is 1. The zero-order valence-electron chi connectivity index (χ0n) is 65.5. The van der Waals surface area contributed by atoms with Crippen LogP contribution < -0.4 is 0 Å². The van der Waals surface area contributed by atoms with Crippen molar-refractivity contribution in [3.05, 3.63) is 182 Å².